The zero-order chi connectivity index (χ0) is 19.2. The molecule has 142 valence electrons. The van der Waals surface area contributed by atoms with Crippen molar-refractivity contribution >= 4 is 51.7 Å². The van der Waals surface area contributed by atoms with E-state index in [9.17, 15) is 14.4 Å². The summed E-state index contributed by atoms with van der Waals surface area (Å²) in [4.78, 5) is 35.3. The first-order chi connectivity index (χ1) is 13.0. The van der Waals surface area contributed by atoms with E-state index in [1.54, 1.807) is 31.2 Å². The molecule has 0 radical (unpaired) electrons. The highest BCUT2D eigenvalue weighted by molar-refractivity contribution is 8.01. The Labute approximate surface area is 164 Å². The lowest BCUT2D eigenvalue weighted by atomic mass is 10.2. The fourth-order valence-electron chi connectivity index (χ4n) is 2.10. The van der Waals surface area contributed by atoms with Gasteiger partial charge in [-0.15, -0.1) is 10.2 Å². The number of nitrogens with one attached hydrogen (secondary N) is 2. The number of hydrogen-bond donors (Lipinski definition) is 2. The second-order valence-electron chi connectivity index (χ2n) is 5.77. The Morgan fingerprint density at radius 2 is 1.93 bits per heavy atom. The number of nitrogens with zero attached hydrogens (tertiary/aromatic N) is 2. The van der Waals surface area contributed by atoms with Crippen LogP contribution in [-0.2, 0) is 14.3 Å². The van der Waals surface area contributed by atoms with E-state index in [-0.39, 0.29) is 23.5 Å². The van der Waals surface area contributed by atoms with E-state index in [0.717, 1.165) is 12.8 Å². The molecule has 2 N–H and O–H groups in total. The predicted octanol–water partition coefficient (Wildman–Crippen LogP) is 2.79. The number of benzene rings is 1. The van der Waals surface area contributed by atoms with Crippen LogP contribution in [0.4, 0.5) is 10.8 Å². The third kappa shape index (κ3) is 5.76. The predicted molar refractivity (Wildman–Crippen MR) is 103 cm³/mol. The zero-order valence-corrected chi connectivity index (χ0v) is 16.2. The minimum absolute atomic E-state index is 0.0216. The number of carbonyl (C=O) groups excluding carboxylic acids is 3. The Morgan fingerprint density at radius 1 is 1.19 bits per heavy atom. The fraction of sp³-hybridized carbons (Fsp3) is 0.353. The number of ether oxygens (including phenoxy) is 1. The highest BCUT2D eigenvalue weighted by Gasteiger charge is 2.30. The molecule has 0 aliphatic heterocycles. The molecule has 1 saturated carbocycles. The van der Waals surface area contributed by atoms with Crippen LogP contribution in [0.25, 0.3) is 0 Å². The molecule has 1 aromatic carbocycles. The Bertz CT molecular complexity index is 834. The number of carbonyl (C=O) groups is 3. The van der Waals surface area contributed by atoms with Gasteiger partial charge in [-0.2, -0.15) is 0 Å². The summed E-state index contributed by atoms with van der Waals surface area (Å²) >= 11 is 2.48. The van der Waals surface area contributed by atoms with Crippen molar-refractivity contribution in [3.63, 3.8) is 0 Å². The van der Waals surface area contributed by atoms with Gasteiger partial charge in [-0.3, -0.25) is 9.59 Å². The van der Waals surface area contributed by atoms with Gasteiger partial charge < -0.3 is 15.4 Å². The number of aromatic nitrogens is 2. The Hall–Kier alpha value is -2.46. The van der Waals surface area contributed by atoms with Gasteiger partial charge in [0.05, 0.1) is 17.9 Å². The lowest BCUT2D eigenvalue weighted by Crippen LogP contribution is -2.14. The Kier molecular flexibility index (Phi) is 6.40. The summed E-state index contributed by atoms with van der Waals surface area (Å²) in [5.41, 5.74) is 1.02. The van der Waals surface area contributed by atoms with Gasteiger partial charge in [-0.05, 0) is 44.0 Å². The molecule has 27 heavy (non-hydrogen) atoms. The summed E-state index contributed by atoms with van der Waals surface area (Å²) in [6.07, 6.45) is 1.85. The van der Waals surface area contributed by atoms with Crippen molar-refractivity contribution in [2.24, 2.45) is 5.92 Å². The Balaban J connectivity index is 1.44. The fourth-order valence-corrected chi connectivity index (χ4v) is 3.65. The first kappa shape index (κ1) is 19.3. The minimum atomic E-state index is -0.396. The topological polar surface area (TPSA) is 110 Å². The number of hydrogen-bond acceptors (Lipinski definition) is 8. The number of rotatable bonds is 8. The maximum atomic E-state index is 12.1. The van der Waals surface area contributed by atoms with Crippen LogP contribution >= 0.6 is 23.1 Å². The van der Waals surface area contributed by atoms with Gasteiger partial charge in [-0.1, -0.05) is 23.1 Å². The summed E-state index contributed by atoms with van der Waals surface area (Å²) in [5, 5.41) is 13.8. The maximum Gasteiger partial charge on any atom is 0.338 e. The molecule has 2 amide bonds. The molecule has 1 heterocycles. The monoisotopic (exact) mass is 406 g/mol. The molecule has 1 aromatic heterocycles. The van der Waals surface area contributed by atoms with Crippen LogP contribution in [0.3, 0.4) is 0 Å². The third-order valence-corrected chi connectivity index (χ3v) is 5.56. The molecule has 1 aliphatic carbocycles. The van der Waals surface area contributed by atoms with E-state index < -0.39 is 5.97 Å². The first-order valence-corrected chi connectivity index (χ1v) is 10.2. The summed E-state index contributed by atoms with van der Waals surface area (Å²) in [6, 6.07) is 6.48. The molecule has 1 aliphatic rings. The van der Waals surface area contributed by atoms with Crippen molar-refractivity contribution < 1.29 is 19.1 Å². The van der Waals surface area contributed by atoms with Crippen LogP contribution in [0.5, 0.6) is 0 Å². The zero-order valence-electron chi connectivity index (χ0n) is 14.6. The molecular formula is C17H18N4O4S2. The van der Waals surface area contributed by atoms with Gasteiger partial charge >= 0.3 is 5.97 Å². The van der Waals surface area contributed by atoms with Crippen LogP contribution in [0, 0.1) is 5.92 Å². The molecular weight excluding hydrogens is 388 g/mol. The number of amides is 2. The lowest BCUT2D eigenvalue weighted by molar-refractivity contribution is -0.117. The standard InChI is InChI=1S/C17H18N4O4S2/c1-2-25-15(24)11-5-7-12(8-6-11)18-13(22)9-26-17-21-20-16(27-17)19-14(23)10-3-4-10/h5-8,10H,2-4,9H2,1H3,(H,18,22)(H,19,20,23). The average Bonchev–Trinajstić information content (AvgIpc) is 3.42. The second kappa shape index (κ2) is 8.96. The highest BCUT2D eigenvalue weighted by atomic mass is 32.2. The normalized spacial score (nSPS) is 13.1. The van der Waals surface area contributed by atoms with Crippen LogP contribution in [0.2, 0.25) is 0 Å². The van der Waals surface area contributed by atoms with E-state index >= 15 is 0 Å². The molecule has 0 saturated heterocycles. The number of esters is 1. The molecule has 8 nitrogen and oxygen atoms in total. The summed E-state index contributed by atoms with van der Waals surface area (Å²) < 4.78 is 5.52. The largest absolute Gasteiger partial charge is 0.462 e. The van der Waals surface area contributed by atoms with E-state index in [0.29, 0.717) is 27.3 Å². The van der Waals surface area contributed by atoms with Gasteiger partial charge in [0, 0.05) is 11.6 Å². The third-order valence-electron chi connectivity index (χ3n) is 3.59. The summed E-state index contributed by atoms with van der Waals surface area (Å²) in [6.45, 7) is 2.05. The average molecular weight is 406 g/mol. The molecule has 10 heteroatoms. The van der Waals surface area contributed by atoms with E-state index in [4.69, 9.17) is 4.74 Å². The van der Waals surface area contributed by atoms with Gasteiger partial charge in [0.2, 0.25) is 16.9 Å². The first-order valence-electron chi connectivity index (χ1n) is 8.39. The van der Waals surface area contributed by atoms with Crippen LogP contribution < -0.4 is 10.6 Å². The van der Waals surface area contributed by atoms with Gasteiger partial charge in [0.1, 0.15) is 0 Å². The molecule has 0 spiro atoms. The van der Waals surface area contributed by atoms with E-state index in [1.165, 1.54) is 23.1 Å². The van der Waals surface area contributed by atoms with Crippen LogP contribution in [0.1, 0.15) is 30.1 Å². The van der Waals surface area contributed by atoms with Crippen LogP contribution in [-0.4, -0.2) is 40.3 Å². The lowest BCUT2D eigenvalue weighted by Gasteiger charge is -2.05. The smallest absolute Gasteiger partial charge is 0.338 e. The molecule has 1 fully saturated rings. The van der Waals surface area contributed by atoms with Gasteiger partial charge in [-0.25, -0.2) is 4.79 Å². The molecule has 0 bridgehead atoms. The summed E-state index contributed by atoms with van der Waals surface area (Å²) in [7, 11) is 0. The minimum Gasteiger partial charge on any atom is -0.462 e. The molecule has 2 aromatic rings. The van der Waals surface area contributed by atoms with Crippen LogP contribution in [0.15, 0.2) is 28.6 Å². The number of anilines is 2. The van der Waals surface area contributed by atoms with Crippen molar-refractivity contribution in [2.45, 2.75) is 24.1 Å². The quantitative estimate of drug-likeness (QED) is 0.394. The molecule has 3 rings (SSSR count). The Morgan fingerprint density at radius 3 is 2.59 bits per heavy atom. The van der Waals surface area contributed by atoms with Crippen molar-refractivity contribution in [3.05, 3.63) is 29.8 Å². The highest BCUT2D eigenvalue weighted by Crippen LogP contribution is 2.31. The SMILES string of the molecule is CCOC(=O)c1ccc(NC(=O)CSc2nnc(NC(=O)C3CC3)s2)cc1. The molecule has 0 unspecified atom stereocenters. The molecule has 0 atom stereocenters. The van der Waals surface area contributed by atoms with E-state index in [2.05, 4.69) is 20.8 Å². The second-order valence-corrected chi connectivity index (χ2v) is 7.97. The van der Waals surface area contributed by atoms with Gasteiger partial charge in [0.15, 0.2) is 4.34 Å². The van der Waals surface area contributed by atoms with Gasteiger partial charge in [0.25, 0.3) is 0 Å². The summed E-state index contributed by atoms with van der Waals surface area (Å²) in [5.74, 6) is -0.364. The number of thioether (sulfide) groups is 1. The van der Waals surface area contributed by atoms with Crippen molar-refractivity contribution in [1.82, 2.24) is 10.2 Å². The van der Waals surface area contributed by atoms with Crippen molar-refractivity contribution in [1.29, 1.82) is 0 Å². The van der Waals surface area contributed by atoms with Crippen molar-refractivity contribution in [2.75, 3.05) is 23.0 Å². The van der Waals surface area contributed by atoms with E-state index in [1.807, 2.05) is 0 Å². The maximum absolute atomic E-state index is 12.1. The van der Waals surface area contributed by atoms with Crippen molar-refractivity contribution in [3.8, 4) is 0 Å².